The fourth-order valence-corrected chi connectivity index (χ4v) is 4.72. The third-order valence-electron chi connectivity index (χ3n) is 3.88. The summed E-state index contributed by atoms with van der Waals surface area (Å²) in [5.41, 5.74) is 8.40. The van der Waals surface area contributed by atoms with Crippen molar-refractivity contribution in [1.29, 1.82) is 0 Å². The molecule has 1 saturated heterocycles. The molecule has 1 fully saturated rings. The molecule has 0 aliphatic carbocycles. The third-order valence-corrected chi connectivity index (χ3v) is 5.67. The number of benzene rings is 1. The zero-order valence-corrected chi connectivity index (χ0v) is 10.9. The maximum Gasteiger partial charge on any atom is 0.150 e. The van der Waals surface area contributed by atoms with E-state index < -0.39 is 9.84 Å². The molecular formula is C13H17NO3S. The van der Waals surface area contributed by atoms with E-state index in [1.165, 1.54) is 5.56 Å². The van der Waals surface area contributed by atoms with Crippen LogP contribution in [0.4, 0.5) is 0 Å². The van der Waals surface area contributed by atoms with Gasteiger partial charge in [-0.1, -0.05) is 18.2 Å². The van der Waals surface area contributed by atoms with Crippen LogP contribution in [0.2, 0.25) is 0 Å². The van der Waals surface area contributed by atoms with Gasteiger partial charge in [0.25, 0.3) is 0 Å². The first kappa shape index (κ1) is 12.0. The normalized spacial score (nSPS) is 26.6. The molecule has 2 atom stereocenters. The van der Waals surface area contributed by atoms with Crippen molar-refractivity contribution in [2.45, 2.75) is 18.9 Å². The van der Waals surface area contributed by atoms with Crippen LogP contribution in [0.15, 0.2) is 18.2 Å². The van der Waals surface area contributed by atoms with Crippen molar-refractivity contribution in [1.82, 2.24) is 0 Å². The maximum absolute atomic E-state index is 11.5. The smallest absolute Gasteiger partial charge is 0.150 e. The van der Waals surface area contributed by atoms with E-state index in [9.17, 15) is 8.42 Å². The number of fused-ring (bicyclic) bond motifs is 1. The highest BCUT2D eigenvalue weighted by atomic mass is 32.2. The quantitative estimate of drug-likeness (QED) is 0.869. The van der Waals surface area contributed by atoms with Crippen molar-refractivity contribution in [3.05, 3.63) is 29.3 Å². The van der Waals surface area contributed by atoms with Crippen LogP contribution in [0.25, 0.3) is 0 Å². The fourth-order valence-electron chi connectivity index (χ4n) is 2.86. The third kappa shape index (κ3) is 2.01. The average molecular weight is 267 g/mol. The molecule has 0 spiro atoms. The maximum atomic E-state index is 11.5. The minimum atomic E-state index is -2.88. The van der Waals surface area contributed by atoms with E-state index in [0.717, 1.165) is 17.7 Å². The van der Waals surface area contributed by atoms with Gasteiger partial charge in [0.05, 0.1) is 18.1 Å². The lowest BCUT2D eigenvalue weighted by molar-refractivity contribution is 0.346. The second-order valence-electron chi connectivity index (χ2n) is 5.12. The zero-order valence-electron chi connectivity index (χ0n) is 10.1. The molecule has 0 aromatic heterocycles. The average Bonchev–Trinajstić information content (AvgIpc) is 2.93. The molecule has 3 rings (SSSR count). The molecule has 18 heavy (non-hydrogen) atoms. The fraction of sp³-hybridized carbons (Fsp3) is 0.538. The monoisotopic (exact) mass is 267 g/mol. The number of nitrogens with two attached hydrogens (primary N) is 1. The van der Waals surface area contributed by atoms with Crippen LogP contribution in [0.1, 0.15) is 23.6 Å². The lowest BCUT2D eigenvalue weighted by Crippen LogP contribution is -2.23. The Hall–Kier alpha value is -1.07. The highest BCUT2D eigenvalue weighted by molar-refractivity contribution is 7.91. The van der Waals surface area contributed by atoms with Gasteiger partial charge in [0.2, 0.25) is 0 Å². The van der Waals surface area contributed by atoms with Gasteiger partial charge in [-0.2, -0.15) is 0 Å². The zero-order chi connectivity index (χ0) is 12.8. The van der Waals surface area contributed by atoms with Crippen molar-refractivity contribution >= 4 is 9.84 Å². The van der Waals surface area contributed by atoms with Crippen LogP contribution < -0.4 is 10.5 Å². The summed E-state index contributed by atoms with van der Waals surface area (Å²) >= 11 is 0. The molecule has 2 aliphatic heterocycles. The highest BCUT2D eigenvalue weighted by Crippen LogP contribution is 2.38. The Morgan fingerprint density at radius 1 is 1.39 bits per heavy atom. The van der Waals surface area contributed by atoms with E-state index in [2.05, 4.69) is 0 Å². The van der Waals surface area contributed by atoms with Crippen LogP contribution in [0, 0.1) is 5.92 Å². The predicted molar refractivity (Wildman–Crippen MR) is 69.3 cm³/mol. The summed E-state index contributed by atoms with van der Waals surface area (Å²) in [5, 5.41) is 0. The van der Waals surface area contributed by atoms with Crippen LogP contribution in [0.5, 0.6) is 5.75 Å². The summed E-state index contributed by atoms with van der Waals surface area (Å²) in [6, 6.07) is 5.74. The van der Waals surface area contributed by atoms with Crippen LogP contribution in [-0.4, -0.2) is 26.5 Å². The molecular weight excluding hydrogens is 250 g/mol. The second kappa shape index (κ2) is 4.24. The van der Waals surface area contributed by atoms with Crippen molar-refractivity contribution in [3.8, 4) is 5.75 Å². The van der Waals surface area contributed by atoms with Gasteiger partial charge in [-0.05, 0) is 17.9 Å². The van der Waals surface area contributed by atoms with Gasteiger partial charge < -0.3 is 10.5 Å². The first-order valence-electron chi connectivity index (χ1n) is 6.27. The van der Waals surface area contributed by atoms with Gasteiger partial charge in [-0.3, -0.25) is 0 Å². The number of para-hydroxylation sites is 1. The predicted octanol–water partition coefficient (Wildman–Crippen LogP) is 1.06. The van der Waals surface area contributed by atoms with E-state index >= 15 is 0 Å². The highest BCUT2D eigenvalue weighted by Gasteiger charge is 2.34. The number of ether oxygens (including phenoxy) is 1. The summed E-state index contributed by atoms with van der Waals surface area (Å²) in [6.07, 6.45) is 1.58. The van der Waals surface area contributed by atoms with Gasteiger partial charge in [0.15, 0.2) is 9.84 Å². The van der Waals surface area contributed by atoms with E-state index in [1.807, 2.05) is 18.2 Å². The molecule has 0 saturated carbocycles. The molecule has 98 valence electrons. The first-order chi connectivity index (χ1) is 8.57. The Kier molecular flexibility index (Phi) is 2.83. The lowest BCUT2D eigenvalue weighted by Gasteiger charge is -2.20. The molecule has 5 heteroatoms. The summed E-state index contributed by atoms with van der Waals surface area (Å²) in [5.74, 6) is 1.37. The molecule has 0 radical (unpaired) electrons. The van der Waals surface area contributed by atoms with Crippen molar-refractivity contribution in [2.75, 3.05) is 18.1 Å². The Bertz CT molecular complexity index is 568. The van der Waals surface area contributed by atoms with E-state index in [-0.39, 0.29) is 23.5 Å². The lowest BCUT2D eigenvalue weighted by atomic mass is 9.91. The Morgan fingerprint density at radius 3 is 2.94 bits per heavy atom. The van der Waals surface area contributed by atoms with Crippen LogP contribution >= 0.6 is 0 Å². The molecule has 1 aromatic rings. The number of rotatable bonds is 2. The van der Waals surface area contributed by atoms with Gasteiger partial charge in [0.1, 0.15) is 5.75 Å². The van der Waals surface area contributed by atoms with E-state index in [4.69, 9.17) is 10.5 Å². The molecule has 4 nitrogen and oxygen atoms in total. The summed E-state index contributed by atoms with van der Waals surface area (Å²) < 4.78 is 28.7. The molecule has 0 bridgehead atoms. The minimum absolute atomic E-state index is 0.0192. The number of hydrogen-bond donors (Lipinski definition) is 1. The minimum Gasteiger partial charge on any atom is -0.493 e. The SMILES string of the molecule is NC(c1cccc2c1OCC2)C1CCS(=O)(=O)C1. The number of hydrogen-bond acceptors (Lipinski definition) is 4. The van der Waals surface area contributed by atoms with Crippen molar-refractivity contribution < 1.29 is 13.2 Å². The Labute approximate surface area is 107 Å². The molecule has 2 heterocycles. The molecule has 1 aromatic carbocycles. The Morgan fingerprint density at radius 2 is 2.22 bits per heavy atom. The van der Waals surface area contributed by atoms with E-state index in [0.29, 0.717) is 13.0 Å². The summed E-state index contributed by atoms with van der Waals surface area (Å²) in [6.45, 7) is 0.696. The van der Waals surface area contributed by atoms with Gasteiger partial charge in [-0.15, -0.1) is 0 Å². The van der Waals surface area contributed by atoms with Gasteiger partial charge in [0, 0.05) is 18.0 Å². The van der Waals surface area contributed by atoms with Crippen molar-refractivity contribution in [2.24, 2.45) is 11.7 Å². The second-order valence-corrected chi connectivity index (χ2v) is 7.35. The van der Waals surface area contributed by atoms with E-state index in [1.54, 1.807) is 0 Å². The van der Waals surface area contributed by atoms with Crippen LogP contribution in [-0.2, 0) is 16.3 Å². The standard InChI is InChI=1S/C13H17NO3S/c14-12(10-5-7-18(15,16)8-10)11-3-1-2-9-4-6-17-13(9)11/h1-3,10,12H,4-8,14H2. The van der Waals surface area contributed by atoms with Crippen molar-refractivity contribution in [3.63, 3.8) is 0 Å². The largest absolute Gasteiger partial charge is 0.493 e. The molecule has 2 aliphatic rings. The molecule has 2 unspecified atom stereocenters. The topological polar surface area (TPSA) is 69.4 Å². The Balaban J connectivity index is 1.90. The number of sulfone groups is 1. The summed E-state index contributed by atoms with van der Waals surface area (Å²) in [7, 11) is -2.88. The van der Waals surface area contributed by atoms with Crippen LogP contribution in [0.3, 0.4) is 0 Å². The molecule has 2 N–H and O–H groups in total. The molecule has 0 amide bonds. The first-order valence-corrected chi connectivity index (χ1v) is 8.09. The van der Waals surface area contributed by atoms with Gasteiger partial charge >= 0.3 is 0 Å². The van der Waals surface area contributed by atoms with Gasteiger partial charge in [-0.25, -0.2) is 8.42 Å². The summed E-state index contributed by atoms with van der Waals surface area (Å²) in [4.78, 5) is 0.